The molecule has 108 valence electrons. The molecule has 0 unspecified atom stereocenters. The zero-order chi connectivity index (χ0) is 13.7. The summed E-state index contributed by atoms with van der Waals surface area (Å²) in [5.41, 5.74) is 0. The van der Waals surface area contributed by atoms with Crippen molar-refractivity contribution in [1.82, 2.24) is 4.72 Å². The van der Waals surface area contributed by atoms with Crippen molar-refractivity contribution in [2.24, 2.45) is 5.92 Å². The van der Waals surface area contributed by atoms with Crippen molar-refractivity contribution in [2.45, 2.75) is 31.0 Å². The number of aliphatic hydroxyl groups excluding tert-OH is 1. The van der Waals surface area contributed by atoms with Crippen LogP contribution >= 0.6 is 0 Å². The van der Waals surface area contributed by atoms with E-state index in [-0.39, 0.29) is 17.5 Å². The smallest absolute Gasteiger partial charge is 0.273 e. The number of rotatable bonds is 9. The molecular weight excluding hydrogens is 270 g/mol. The number of hydrogen-bond donors (Lipinski definition) is 2. The van der Waals surface area contributed by atoms with Crippen LogP contribution in [0.5, 0.6) is 0 Å². The normalized spacial score (nSPS) is 15.8. The van der Waals surface area contributed by atoms with E-state index in [1.54, 1.807) is 0 Å². The van der Waals surface area contributed by atoms with Crippen molar-refractivity contribution in [3.05, 3.63) is 17.9 Å². The summed E-state index contributed by atoms with van der Waals surface area (Å²) in [5.74, 6) is 0.949. The van der Waals surface area contributed by atoms with Gasteiger partial charge in [0.05, 0.1) is 0 Å². The number of aliphatic hydroxyl groups is 1. The van der Waals surface area contributed by atoms with Crippen molar-refractivity contribution >= 4 is 10.0 Å². The van der Waals surface area contributed by atoms with Crippen LogP contribution in [0.3, 0.4) is 0 Å². The van der Waals surface area contributed by atoms with Crippen LogP contribution in [0.2, 0.25) is 0 Å². The van der Waals surface area contributed by atoms with Gasteiger partial charge in [-0.05, 0) is 37.3 Å². The Bertz CT molecular complexity index is 492. The zero-order valence-corrected chi connectivity index (χ0v) is 11.5. The minimum atomic E-state index is -3.62. The van der Waals surface area contributed by atoms with Crippen LogP contribution in [0.1, 0.15) is 25.0 Å². The van der Waals surface area contributed by atoms with Gasteiger partial charge < -0.3 is 14.3 Å². The van der Waals surface area contributed by atoms with Gasteiger partial charge in [0.15, 0.2) is 0 Å². The lowest BCUT2D eigenvalue weighted by Gasteiger charge is -2.05. The Balaban J connectivity index is 1.67. The van der Waals surface area contributed by atoms with E-state index in [2.05, 4.69) is 4.72 Å². The number of sulfonamides is 1. The average molecular weight is 289 g/mol. The maximum Gasteiger partial charge on any atom is 0.273 e. The molecule has 0 saturated heterocycles. The first kappa shape index (κ1) is 14.5. The summed E-state index contributed by atoms with van der Waals surface area (Å²) in [7, 11) is -3.62. The summed E-state index contributed by atoms with van der Waals surface area (Å²) in [5, 5.41) is 8.64. The van der Waals surface area contributed by atoms with Crippen LogP contribution in [-0.2, 0) is 21.4 Å². The number of hydrogen-bond acceptors (Lipinski definition) is 5. The minimum Gasteiger partial charge on any atom is -0.446 e. The summed E-state index contributed by atoms with van der Waals surface area (Å²) in [6, 6.07) is 2.77. The number of nitrogens with one attached hydrogen (secondary N) is 1. The summed E-state index contributed by atoms with van der Waals surface area (Å²) < 4.78 is 36.4. The van der Waals surface area contributed by atoms with Gasteiger partial charge in [-0.3, -0.25) is 0 Å². The molecule has 1 aliphatic carbocycles. The van der Waals surface area contributed by atoms with Gasteiger partial charge in [0.25, 0.3) is 10.0 Å². The molecule has 1 aromatic heterocycles. The maximum atomic E-state index is 11.8. The van der Waals surface area contributed by atoms with E-state index in [9.17, 15) is 8.42 Å². The second-order valence-corrected chi connectivity index (χ2v) is 6.35. The summed E-state index contributed by atoms with van der Waals surface area (Å²) in [4.78, 5) is 0. The predicted molar refractivity (Wildman–Crippen MR) is 68.0 cm³/mol. The van der Waals surface area contributed by atoms with Crippen LogP contribution in [0.15, 0.2) is 21.6 Å². The van der Waals surface area contributed by atoms with Crippen molar-refractivity contribution in [2.75, 3.05) is 19.8 Å². The van der Waals surface area contributed by atoms with E-state index in [4.69, 9.17) is 14.3 Å². The Morgan fingerprint density at radius 2 is 2.21 bits per heavy atom. The quantitative estimate of drug-likeness (QED) is 0.658. The van der Waals surface area contributed by atoms with Gasteiger partial charge in [0, 0.05) is 19.8 Å². The molecule has 1 fully saturated rings. The number of furan rings is 1. The first-order valence-corrected chi connectivity index (χ1v) is 7.87. The molecule has 0 atom stereocenters. The van der Waals surface area contributed by atoms with Crippen LogP contribution in [-0.4, -0.2) is 33.3 Å². The molecule has 6 nitrogen and oxygen atoms in total. The van der Waals surface area contributed by atoms with E-state index >= 15 is 0 Å². The first-order chi connectivity index (χ1) is 9.12. The SMILES string of the molecule is O=S(=O)(NCCCOCC1CC1)c1ccc(CO)o1. The highest BCUT2D eigenvalue weighted by Crippen LogP contribution is 2.28. The van der Waals surface area contributed by atoms with Crippen molar-refractivity contribution in [1.29, 1.82) is 0 Å². The molecule has 0 aromatic carbocycles. The lowest BCUT2D eigenvalue weighted by Crippen LogP contribution is -2.25. The van der Waals surface area contributed by atoms with Gasteiger partial charge in [0.1, 0.15) is 12.4 Å². The molecule has 2 N–H and O–H groups in total. The van der Waals surface area contributed by atoms with Crippen molar-refractivity contribution in [3.63, 3.8) is 0 Å². The molecule has 0 bridgehead atoms. The fraction of sp³-hybridized carbons (Fsp3) is 0.667. The Morgan fingerprint density at radius 1 is 1.42 bits per heavy atom. The van der Waals surface area contributed by atoms with E-state index < -0.39 is 10.0 Å². The third-order valence-electron chi connectivity index (χ3n) is 2.87. The molecule has 1 aliphatic rings. The number of ether oxygens (including phenoxy) is 1. The highest BCUT2D eigenvalue weighted by molar-refractivity contribution is 7.89. The van der Waals surface area contributed by atoms with Gasteiger partial charge >= 0.3 is 0 Å². The molecule has 1 heterocycles. The van der Waals surface area contributed by atoms with Crippen LogP contribution in [0.25, 0.3) is 0 Å². The standard InChI is InChI=1S/C12H19NO5S/c14-8-11-4-5-12(18-11)19(15,16)13-6-1-7-17-9-10-2-3-10/h4-5,10,13-14H,1-3,6-9H2. The largest absolute Gasteiger partial charge is 0.446 e. The minimum absolute atomic E-state index is 0.171. The topological polar surface area (TPSA) is 88.8 Å². The molecule has 2 rings (SSSR count). The highest BCUT2D eigenvalue weighted by Gasteiger charge is 2.21. The second kappa shape index (κ2) is 6.51. The third-order valence-corrected chi connectivity index (χ3v) is 4.20. The monoisotopic (exact) mass is 289 g/mol. The summed E-state index contributed by atoms with van der Waals surface area (Å²) in [6.07, 6.45) is 3.12. The van der Waals surface area contributed by atoms with E-state index in [0.29, 0.717) is 19.6 Å². The van der Waals surface area contributed by atoms with E-state index in [1.807, 2.05) is 0 Å². The lowest BCUT2D eigenvalue weighted by molar-refractivity contribution is 0.123. The average Bonchev–Trinajstić information content (AvgIpc) is 3.07. The summed E-state index contributed by atoms with van der Waals surface area (Å²) >= 11 is 0. The van der Waals surface area contributed by atoms with Gasteiger partial charge in [0.2, 0.25) is 5.09 Å². The van der Waals surface area contributed by atoms with E-state index in [1.165, 1.54) is 25.0 Å². The maximum absolute atomic E-state index is 11.8. The molecule has 7 heteroatoms. The first-order valence-electron chi connectivity index (χ1n) is 6.39. The molecule has 1 aromatic rings. The van der Waals surface area contributed by atoms with E-state index in [0.717, 1.165) is 12.5 Å². The van der Waals surface area contributed by atoms with Gasteiger partial charge in [-0.1, -0.05) is 0 Å². The molecule has 0 spiro atoms. The molecular formula is C12H19NO5S. The van der Waals surface area contributed by atoms with Gasteiger partial charge in [-0.2, -0.15) is 0 Å². The third kappa shape index (κ3) is 4.61. The van der Waals surface area contributed by atoms with Crippen LogP contribution < -0.4 is 4.72 Å². The van der Waals surface area contributed by atoms with Crippen molar-refractivity contribution < 1.29 is 22.7 Å². The van der Waals surface area contributed by atoms with Crippen molar-refractivity contribution in [3.8, 4) is 0 Å². The Labute approximate surface area is 112 Å². The molecule has 0 aliphatic heterocycles. The summed E-state index contributed by atoms with van der Waals surface area (Å²) in [6.45, 7) is 1.33. The molecule has 19 heavy (non-hydrogen) atoms. The Kier molecular flexibility index (Phi) is 4.98. The lowest BCUT2D eigenvalue weighted by atomic mass is 10.4. The molecule has 0 amide bonds. The zero-order valence-electron chi connectivity index (χ0n) is 10.7. The Hall–Kier alpha value is -0.890. The van der Waals surface area contributed by atoms with Crippen LogP contribution in [0.4, 0.5) is 0 Å². The fourth-order valence-electron chi connectivity index (χ4n) is 1.57. The van der Waals surface area contributed by atoms with Gasteiger partial charge in [-0.15, -0.1) is 0 Å². The molecule has 1 saturated carbocycles. The Morgan fingerprint density at radius 3 is 2.84 bits per heavy atom. The fourth-order valence-corrected chi connectivity index (χ4v) is 2.59. The molecule has 0 radical (unpaired) electrons. The van der Waals surface area contributed by atoms with Crippen LogP contribution in [0, 0.1) is 5.92 Å². The van der Waals surface area contributed by atoms with Gasteiger partial charge in [-0.25, -0.2) is 13.1 Å². The highest BCUT2D eigenvalue weighted by atomic mass is 32.2. The predicted octanol–water partition coefficient (Wildman–Crippen LogP) is 0.867. The second-order valence-electron chi connectivity index (χ2n) is 4.65.